The minimum absolute atomic E-state index is 0.0846. The van der Waals surface area contributed by atoms with E-state index in [4.69, 9.17) is 13.0 Å². The smallest absolute Gasteiger partial charge is 0.309 e. The van der Waals surface area contributed by atoms with Crippen molar-refractivity contribution in [3.8, 4) is 0 Å². The summed E-state index contributed by atoms with van der Waals surface area (Å²) >= 11 is 0. The van der Waals surface area contributed by atoms with Crippen LogP contribution in [0.4, 0.5) is 4.79 Å². The van der Waals surface area contributed by atoms with Gasteiger partial charge in [-0.25, -0.2) is 0 Å². The molecule has 2 N–H and O–H groups in total. The number of amides is 1. The molecule has 0 aromatic rings. The predicted octanol–water partition coefficient (Wildman–Crippen LogP) is 0.508. The molecule has 70 valence electrons. The maximum Gasteiger partial charge on any atom is 0.309 e. The molecule has 13 heavy (non-hydrogen) atoms. The van der Waals surface area contributed by atoms with Crippen molar-refractivity contribution in [3.05, 3.63) is 0 Å². The van der Waals surface area contributed by atoms with Gasteiger partial charge in [-0.15, -0.1) is 0 Å². The van der Waals surface area contributed by atoms with Crippen LogP contribution in [0, 0.1) is 5.41 Å². The second-order valence-electron chi connectivity index (χ2n) is 3.81. The highest BCUT2D eigenvalue weighted by Crippen LogP contribution is 2.37. The first-order valence-corrected chi connectivity index (χ1v) is 4.23. The molecule has 0 aliphatic heterocycles. The van der Waals surface area contributed by atoms with Crippen LogP contribution >= 0.6 is 0 Å². The lowest BCUT2D eigenvalue weighted by Gasteiger charge is -2.18. The zero-order valence-corrected chi connectivity index (χ0v) is 7.54. The summed E-state index contributed by atoms with van der Waals surface area (Å²) in [5.74, 6) is -1.39. The zero-order chi connectivity index (χ0) is 10.1. The lowest BCUT2D eigenvalue weighted by atomic mass is 9.89. The van der Waals surface area contributed by atoms with Crippen LogP contribution in [0.1, 0.15) is 26.2 Å². The third-order valence-electron chi connectivity index (χ3n) is 2.60. The molecule has 1 aliphatic carbocycles. The van der Waals surface area contributed by atoms with Crippen molar-refractivity contribution in [2.45, 2.75) is 32.2 Å². The van der Waals surface area contributed by atoms with E-state index in [1.165, 1.54) is 0 Å². The summed E-state index contributed by atoms with van der Waals surface area (Å²) in [6.45, 7) is 1.69. The second kappa shape index (κ2) is 3.40. The Morgan fingerprint density at radius 1 is 1.62 bits per heavy atom. The van der Waals surface area contributed by atoms with E-state index in [1.807, 2.05) is 0 Å². The molecule has 0 unspecified atom stereocenters. The summed E-state index contributed by atoms with van der Waals surface area (Å²) in [5.41, 5.74) is -0.701. The Hall–Kier alpha value is -0.995. The van der Waals surface area contributed by atoms with Crippen molar-refractivity contribution in [1.29, 1.82) is 0 Å². The SMILES string of the molecule is [B]C(=O)N[C@@H]1CC[C@](C)(C(=O)O)C1. The van der Waals surface area contributed by atoms with Crippen molar-refractivity contribution in [3.63, 3.8) is 0 Å². The van der Waals surface area contributed by atoms with Gasteiger partial charge >= 0.3 is 5.97 Å². The minimum atomic E-state index is -0.804. The van der Waals surface area contributed by atoms with Gasteiger partial charge in [0, 0.05) is 6.04 Å². The van der Waals surface area contributed by atoms with Crippen molar-refractivity contribution < 1.29 is 14.7 Å². The number of carbonyl (C=O) groups excluding carboxylic acids is 1. The highest BCUT2D eigenvalue weighted by Gasteiger charge is 2.41. The van der Waals surface area contributed by atoms with E-state index >= 15 is 0 Å². The number of nitrogens with one attached hydrogen (secondary N) is 1. The molecule has 1 aliphatic rings. The Bertz CT molecular complexity index is 244. The zero-order valence-electron chi connectivity index (χ0n) is 7.54. The number of aliphatic carboxylic acids is 1. The quantitative estimate of drug-likeness (QED) is 0.609. The van der Waals surface area contributed by atoms with Crippen LogP contribution in [0.2, 0.25) is 0 Å². The molecular formula is C8H12BNO3. The van der Waals surface area contributed by atoms with E-state index in [0.29, 0.717) is 19.3 Å². The van der Waals surface area contributed by atoms with Gasteiger partial charge < -0.3 is 10.4 Å². The van der Waals surface area contributed by atoms with Crippen LogP contribution in [0.3, 0.4) is 0 Å². The minimum Gasteiger partial charge on any atom is -0.481 e. The molecule has 0 bridgehead atoms. The van der Waals surface area contributed by atoms with Crippen LogP contribution in [0.5, 0.6) is 0 Å². The molecule has 1 amide bonds. The molecule has 0 aromatic heterocycles. The van der Waals surface area contributed by atoms with Gasteiger partial charge in [-0.3, -0.25) is 9.59 Å². The van der Waals surface area contributed by atoms with Gasteiger partial charge in [0.25, 0.3) is 0 Å². The van der Waals surface area contributed by atoms with Crippen molar-refractivity contribution in [2.75, 3.05) is 0 Å². The van der Waals surface area contributed by atoms with Crippen LogP contribution in [-0.4, -0.2) is 30.8 Å². The number of hydrogen-bond donors (Lipinski definition) is 2. The van der Waals surface area contributed by atoms with Crippen LogP contribution in [0.15, 0.2) is 0 Å². The van der Waals surface area contributed by atoms with Crippen molar-refractivity contribution in [1.82, 2.24) is 5.32 Å². The van der Waals surface area contributed by atoms with Crippen molar-refractivity contribution in [2.24, 2.45) is 5.41 Å². The first kappa shape index (κ1) is 10.1. The van der Waals surface area contributed by atoms with Gasteiger partial charge in [-0.1, -0.05) is 0 Å². The third-order valence-corrected chi connectivity index (χ3v) is 2.60. The van der Waals surface area contributed by atoms with Gasteiger partial charge in [0.2, 0.25) is 7.85 Å². The number of rotatable bonds is 2. The standard InChI is InChI=1S/C8H12BNO3/c1-8(6(11)12)3-2-5(4-8)10-7(9)13/h5H,2-4H2,1H3,(H,10,13)(H,11,12)/t5-,8+/m1/s1. The fourth-order valence-electron chi connectivity index (χ4n) is 1.76. The average Bonchev–Trinajstić information content (AvgIpc) is 2.32. The number of carbonyl (C=O) groups is 2. The summed E-state index contributed by atoms with van der Waals surface area (Å²) in [6, 6.07) is -0.0846. The summed E-state index contributed by atoms with van der Waals surface area (Å²) in [5, 5.41) is 11.4. The molecule has 0 spiro atoms. The van der Waals surface area contributed by atoms with Crippen LogP contribution in [0.25, 0.3) is 0 Å². The van der Waals surface area contributed by atoms with Gasteiger partial charge in [0.1, 0.15) is 0 Å². The number of carboxylic acids is 1. The lowest BCUT2D eigenvalue weighted by molar-refractivity contribution is -0.147. The van der Waals surface area contributed by atoms with E-state index in [9.17, 15) is 9.59 Å². The van der Waals surface area contributed by atoms with Gasteiger partial charge in [0.05, 0.1) is 5.41 Å². The fourth-order valence-corrected chi connectivity index (χ4v) is 1.76. The molecule has 4 nitrogen and oxygen atoms in total. The van der Waals surface area contributed by atoms with Gasteiger partial charge in [0.15, 0.2) is 5.81 Å². The Morgan fingerprint density at radius 3 is 2.62 bits per heavy atom. The molecule has 1 fully saturated rings. The Kier molecular flexibility index (Phi) is 2.64. The number of hydrogen-bond acceptors (Lipinski definition) is 2. The second-order valence-corrected chi connectivity index (χ2v) is 3.81. The summed E-state index contributed by atoms with van der Waals surface area (Å²) < 4.78 is 0. The maximum atomic E-state index is 10.8. The molecule has 0 heterocycles. The van der Waals surface area contributed by atoms with E-state index in [0.717, 1.165) is 0 Å². The van der Waals surface area contributed by atoms with E-state index in [2.05, 4.69) is 5.32 Å². The highest BCUT2D eigenvalue weighted by molar-refractivity contribution is 6.57. The molecule has 0 saturated heterocycles. The molecule has 0 aromatic carbocycles. The highest BCUT2D eigenvalue weighted by atomic mass is 16.4. The lowest BCUT2D eigenvalue weighted by Crippen LogP contribution is -2.34. The first-order valence-electron chi connectivity index (χ1n) is 4.23. The monoisotopic (exact) mass is 181 g/mol. The molecule has 2 atom stereocenters. The average molecular weight is 181 g/mol. The Labute approximate surface area is 78.1 Å². The molecule has 1 rings (SSSR count). The van der Waals surface area contributed by atoms with Crippen LogP contribution in [-0.2, 0) is 4.79 Å². The van der Waals surface area contributed by atoms with E-state index in [1.54, 1.807) is 6.92 Å². The third kappa shape index (κ3) is 2.23. The Morgan fingerprint density at radius 2 is 2.23 bits per heavy atom. The molecule has 2 radical (unpaired) electrons. The largest absolute Gasteiger partial charge is 0.481 e. The van der Waals surface area contributed by atoms with Gasteiger partial charge in [-0.05, 0) is 26.2 Å². The predicted molar refractivity (Wildman–Crippen MR) is 47.7 cm³/mol. The first-order chi connectivity index (χ1) is 5.94. The summed E-state index contributed by atoms with van der Waals surface area (Å²) in [4.78, 5) is 21.3. The van der Waals surface area contributed by atoms with Gasteiger partial charge in [-0.2, -0.15) is 0 Å². The summed E-state index contributed by atoms with van der Waals surface area (Å²) in [7, 11) is 4.94. The fraction of sp³-hybridized carbons (Fsp3) is 0.750. The Balaban J connectivity index is 2.53. The molecular weight excluding hydrogens is 169 g/mol. The topological polar surface area (TPSA) is 66.4 Å². The maximum absolute atomic E-state index is 10.8. The number of carboxylic acid groups (broad SMARTS) is 1. The van der Waals surface area contributed by atoms with Crippen LogP contribution < -0.4 is 5.32 Å². The molecule has 5 heteroatoms. The molecule has 1 saturated carbocycles. The van der Waals surface area contributed by atoms with E-state index in [-0.39, 0.29) is 6.04 Å². The van der Waals surface area contributed by atoms with Crippen molar-refractivity contribution >= 4 is 19.6 Å². The van der Waals surface area contributed by atoms with E-state index < -0.39 is 17.2 Å². The normalized spacial score (nSPS) is 32.8. The summed E-state index contributed by atoms with van der Waals surface area (Å²) in [6.07, 6.45) is 1.74.